The minimum atomic E-state index is -0.444. The van der Waals surface area contributed by atoms with Crippen LogP contribution in [0.1, 0.15) is 12.5 Å². The van der Waals surface area contributed by atoms with E-state index >= 15 is 0 Å². The Morgan fingerprint density at radius 3 is 2.22 bits per heavy atom. The number of halogens is 5. The summed E-state index contributed by atoms with van der Waals surface area (Å²) in [6, 6.07) is 21.9. The van der Waals surface area contributed by atoms with Crippen molar-refractivity contribution in [1.29, 1.82) is 0 Å². The van der Waals surface area contributed by atoms with Gasteiger partial charge in [0.2, 0.25) is 0 Å². The van der Waals surface area contributed by atoms with Crippen molar-refractivity contribution < 1.29 is 19.1 Å². The van der Waals surface area contributed by atoms with E-state index in [-0.39, 0.29) is 23.3 Å². The lowest BCUT2D eigenvalue weighted by molar-refractivity contribution is -0.118. The molecule has 2 amide bonds. The summed E-state index contributed by atoms with van der Waals surface area (Å²) in [5.41, 5.74) is 2.27. The minimum Gasteiger partial charge on any atom is -0.490 e. The summed E-state index contributed by atoms with van der Waals surface area (Å²) in [6.45, 7) is 1.76. The molecule has 0 atom stereocenters. The number of carbonyl (C=O) groups is 2. The second-order valence-electron chi connectivity index (χ2n) is 9.33. The number of anilines is 2. The zero-order valence-corrected chi connectivity index (χ0v) is 27.9. The van der Waals surface area contributed by atoms with Gasteiger partial charge in [-0.15, -0.1) is 0 Å². The summed E-state index contributed by atoms with van der Waals surface area (Å²) in [4.78, 5) is 32.9. The van der Waals surface area contributed by atoms with Gasteiger partial charge < -0.3 is 14.8 Å². The molecule has 45 heavy (non-hydrogen) atoms. The van der Waals surface area contributed by atoms with Crippen LogP contribution in [0.5, 0.6) is 11.5 Å². The van der Waals surface area contributed by atoms with Crippen molar-refractivity contribution in [2.75, 3.05) is 23.4 Å². The van der Waals surface area contributed by atoms with Crippen molar-refractivity contribution in [3.8, 4) is 11.5 Å². The van der Waals surface area contributed by atoms with E-state index < -0.39 is 5.91 Å². The molecule has 13 heteroatoms. The van der Waals surface area contributed by atoms with E-state index in [0.29, 0.717) is 65.1 Å². The predicted molar refractivity (Wildman–Crippen MR) is 186 cm³/mol. The first kappa shape index (κ1) is 33.0. The van der Waals surface area contributed by atoms with Crippen molar-refractivity contribution in [3.63, 3.8) is 0 Å². The highest BCUT2D eigenvalue weighted by atomic mass is 35.5. The Balaban J connectivity index is 1.41. The smallest absolute Gasteiger partial charge is 0.271 e. The Labute approximate surface area is 288 Å². The molecule has 0 spiro atoms. The molecule has 0 bridgehead atoms. The number of carbonyl (C=O) groups excluding carboxylic acids is 2. The fraction of sp³-hybridized carbons (Fsp3) is 0.0938. The average molecular weight is 722 g/mol. The summed E-state index contributed by atoms with van der Waals surface area (Å²) >= 11 is 31.9. The number of amidine groups is 1. The molecule has 0 aliphatic carbocycles. The maximum Gasteiger partial charge on any atom is 0.271 e. The number of nitrogens with one attached hydrogen (secondary N) is 1. The molecule has 0 radical (unpaired) electrons. The van der Waals surface area contributed by atoms with Crippen LogP contribution in [-0.2, 0) is 9.59 Å². The van der Waals surface area contributed by atoms with Gasteiger partial charge in [-0.25, -0.2) is 4.99 Å². The third kappa shape index (κ3) is 8.27. The third-order valence-electron chi connectivity index (χ3n) is 6.12. The van der Waals surface area contributed by atoms with Crippen molar-refractivity contribution in [3.05, 3.63) is 114 Å². The number of aliphatic imine (C=N–C) groups is 1. The molecular weight excluding hydrogens is 700 g/mol. The van der Waals surface area contributed by atoms with E-state index in [9.17, 15) is 9.59 Å². The van der Waals surface area contributed by atoms with Gasteiger partial charge in [0.1, 0.15) is 0 Å². The topological polar surface area (TPSA) is 80.2 Å². The Bertz CT molecular complexity index is 1820. The Hall–Kier alpha value is -3.37. The molecule has 1 heterocycles. The Morgan fingerprint density at radius 1 is 0.867 bits per heavy atom. The molecule has 0 saturated carbocycles. The normalized spacial score (nSPS) is 14.7. The molecular formula is C32H22Cl5N3O4S. The SMILES string of the molecule is CCOc1cc(/C=C2/SC(=Nc3ccc(Cl)cc3)N(c3ccc(Cl)cc3)C2=O)cc(Cl)c1OCC(=O)Nc1ccc(Cl)c(Cl)c1. The molecule has 7 nitrogen and oxygen atoms in total. The van der Waals surface area contributed by atoms with E-state index in [1.807, 2.05) is 0 Å². The molecule has 1 aliphatic heterocycles. The highest BCUT2D eigenvalue weighted by molar-refractivity contribution is 8.19. The fourth-order valence-corrected chi connectivity index (χ4v) is 5.95. The first-order chi connectivity index (χ1) is 21.6. The maximum atomic E-state index is 13.7. The Kier molecular flexibility index (Phi) is 10.9. The molecule has 4 aromatic rings. The van der Waals surface area contributed by atoms with Crippen molar-refractivity contribution >= 4 is 110 Å². The van der Waals surface area contributed by atoms with Crippen molar-refractivity contribution in [2.45, 2.75) is 6.92 Å². The van der Waals surface area contributed by atoms with Gasteiger partial charge in [-0.2, -0.15) is 0 Å². The standard InChI is InChI=1S/C32H22Cl5N3O4S/c1-2-43-27-14-18(13-26(37)30(27)44-17-29(41)38-22-9-12-24(35)25(36)16-22)15-28-31(42)40(23-10-5-20(34)6-11-23)32(45-28)39-21-7-3-19(33)4-8-21/h3-16H,2,17H2,1H3,(H,38,41)/b28-15+,39-32?. The zero-order valence-electron chi connectivity index (χ0n) is 23.3. The summed E-state index contributed by atoms with van der Waals surface area (Å²) < 4.78 is 11.6. The van der Waals surface area contributed by atoms with Crippen LogP contribution in [0.15, 0.2) is 88.8 Å². The van der Waals surface area contributed by atoms with Gasteiger partial charge in [-0.1, -0.05) is 58.0 Å². The van der Waals surface area contributed by atoms with Crippen LogP contribution >= 0.6 is 69.8 Å². The molecule has 1 saturated heterocycles. The van der Waals surface area contributed by atoms with Crippen molar-refractivity contribution in [1.82, 2.24) is 0 Å². The zero-order chi connectivity index (χ0) is 32.1. The molecule has 1 fully saturated rings. The lowest BCUT2D eigenvalue weighted by Crippen LogP contribution is -2.28. The number of hydrogen-bond acceptors (Lipinski definition) is 6. The number of amides is 2. The van der Waals surface area contributed by atoms with Crippen LogP contribution in [-0.4, -0.2) is 30.2 Å². The lowest BCUT2D eigenvalue weighted by atomic mass is 10.1. The monoisotopic (exact) mass is 719 g/mol. The van der Waals surface area contributed by atoms with Crippen LogP contribution < -0.4 is 19.7 Å². The van der Waals surface area contributed by atoms with Gasteiger partial charge in [0, 0.05) is 15.7 Å². The number of nitrogens with zero attached hydrogens (tertiary/aromatic N) is 2. The van der Waals surface area contributed by atoms with Crippen LogP contribution in [0.4, 0.5) is 17.1 Å². The molecule has 230 valence electrons. The molecule has 0 unspecified atom stereocenters. The first-order valence-corrected chi connectivity index (χ1v) is 16.0. The van der Waals surface area contributed by atoms with Gasteiger partial charge in [0.15, 0.2) is 23.3 Å². The molecule has 1 N–H and O–H groups in total. The lowest BCUT2D eigenvalue weighted by Gasteiger charge is -2.16. The quantitative estimate of drug-likeness (QED) is 0.174. The van der Waals surface area contributed by atoms with E-state index in [4.69, 9.17) is 72.5 Å². The van der Waals surface area contributed by atoms with E-state index in [2.05, 4.69) is 5.32 Å². The summed E-state index contributed by atoms with van der Waals surface area (Å²) in [5.74, 6) is -0.244. The highest BCUT2D eigenvalue weighted by Gasteiger charge is 2.35. The van der Waals surface area contributed by atoms with Gasteiger partial charge in [0.25, 0.3) is 11.8 Å². The largest absolute Gasteiger partial charge is 0.490 e. The first-order valence-electron chi connectivity index (χ1n) is 13.3. The minimum absolute atomic E-state index is 0.183. The second kappa shape index (κ2) is 14.8. The summed E-state index contributed by atoms with van der Waals surface area (Å²) in [7, 11) is 0. The average Bonchev–Trinajstić information content (AvgIpc) is 3.30. The number of benzene rings is 4. The van der Waals surface area contributed by atoms with Crippen molar-refractivity contribution in [2.24, 2.45) is 4.99 Å². The number of rotatable bonds is 9. The van der Waals surface area contributed by atoms with E-state index in [1.54, 1.807) is 85.8 Å². The summed E-state index contributed by atoms with van der Waals surface area (Å²) in [6.07, 6.45) is 1.69. The van der Waals surface area contributed by atoms with Crippen LogP contribution in [0.3, 0.4) is 0 Å². The summed E-state index contributed by atoms with van der Waals surface area (Å²) in [5, 5.41) is 5.11. The number of hydrogen-bond donors (Lipinski definition) is 1. The molecule has 4 aromatic carbocycles. The molecule has 5 rings (SSSR count). The highest BCUT2D eigenvalue weighted by Crippen LogP contribution is 2.41. The van der Waals surface area contributed by atoms with E-state index in [0.717, 1.165) is 0 Å². The third-order valence-corrected chi connectivity index (χ3v) is 8.62. The van der Waals surface area contributed by atoms with Crippen LogP contribution in [0.25, 0.3) is 6.08 Å². The van der Waals surface area contributed by atoms with Crippen LogP contribution in [0, 0.1) is 0 Å². The maximum absolute atomic E-state index is 13.7. The van der Waals surface area contributed by atoms with Gasteiger partial charge >= 0.3 is 0 Å². The number of ether oxygens (including phenoxy) is 2. The van der Waals surface area contributed by atoms with Gasteiger partial charge in [0.05, 0.1) is 38.0 Å². The van der Waals surface area contributed by atoms with Gasteiger partial charge in [-0.05, 0) is 109 Å². The van der Waals surface area contributed by atoms with Gasteiger partial charge in [-0.3, -0.25) is 14.5 Å². The fourth-order valence-electron chi connectivity index (χ4n) is 4.13. The number of thioether (sulfide) groups is 1. The second-order valence-corrected chi connectivity index (χ2v) is 12.4. The Morgan fingerprint density at radius 2 is 1.56 bits per heavy atom. The predicted octanol–water partition coefficient (Wildman–Crippen LogP) is 10.2. The molecule has 1 aliphatic rings. The molecule has 0 aromatic heterocycles. The van der Waals surface area contributed by atoms with E-state index in [1.165, 1.54) is 22.7 Å². The van der Waals surface area contributed by atoms with Crippen LogP contribution in [0.2, 0.25) is 25.1 Å².